The zero-order chi connectivity index (χ0) is 72.9. The third-order valence-corrected chi connectivity index (χ3v) is 24.8. The van der Waals surface area contributed by atoms with Gasteiger partial charge in [0.05, 0.1) is 36.4 Å². The molecule has 0 aliphatic carbocycles. The first-order valence-electron chi connectivity index (χ1n) is 34.5. The molecule has 0 radical (unpaired) electrons. The number of amides is 1. The average molecular weight is 1550 g/mol. The topological polar surface area (TPSA) is 180 Å². The van der Waals surface area contributed by atoms with Crippen molar-refractivity contribution in [1.82, 2.24) is 29.8 Å². The van der Waals surface area contributed by atoms with E-state index in [4.69, 9.17) is 89.7 Å². The standard InChI is InChI=1S/C26H27Cl2N3O2S.C26H29Cl2N3OS.C22H20Cl2N2O2S.C4H9NO/c1-15(2)21-22(24(33)30-13-12-20(32)14-30)34-25-29-26(3,17-6-10-19(28)11-7-17)23(31(21)25)16-4-8-18(27)9-5-16;1-16(2)23-22(15-30-13-12-21(32)14-30)33-25-29-26(3,18-6-10-20(28)11-7-18)24(31(23)25)17-4-8-19(27)9-5-17;1-12(2)17-18(20(27)28)29-21-25-22(3,14-6-10-16(24)11-7-14)19(26(17)21)13-4-8-15(23)9-5-13;6-4-1-2-5-3-4/h4-11,15,20,23,32H,12-14H2,1-3H3;4-11,16,21,24,32H,12-15H2,1-3H3;4-12,19H,1-3H3,(H,27,28);4-6H,1-3H2/t20-,23?,26?;21-,24?,26?;;4-/m11.1/s1. The molecule has 0 saturated carbocycles. The van der Waals surface area contributed by atoms with Crippen molar-refractivity contribution in [3.05, 3.63) is 241 Å². The van der Waals surface area contributed by atoms with E-state index in [2.05, 4.69) is 97.6 Å². The van der Waals surface area contributed by atoms with Gasteiger partial charge in [0, 0.05) is 91.4 Å². The van der Waals surface area contributed by atoms with Gasteiger partial charge in [-0.15, -0.1) is 0 Å². The number of nitrogens with zero attached hydrogens (tertiary/aromatic N) is 8. The van der Waals surface area contributed by atoms with Crippen molar-refractivity contribution in [1.29, 1.82) is 0 Å². The van der Waals surface area contributed by atoms with Gasteiger partial charge < -0.3 is 45.3 Å². The molecule has 102 heavy (non-hydrogen) atoms. The Bertz CT molecular complexity index is 4290. The number of amidine groups is 3. The lowest BCUT2D eigenvalue weighted by Gasteiger charge is -2.37. The summed E-state index contributed by atoms with van der Waals surface area (Å²) >= 11 is 41.6. The second kappa shape index (κ2) is 31.5. The number of β-amino-alcohol motifs (C(OH)–C–C–N with tert-alkyl or cyclic N) is 3. The van der Waals surface area contributed by atoms with E-state index in [-0.39, 0.29) is 48.1 Å². The first kappa shape index (κ1) is 76.1. The monoisotopic (exact) mass is 1550 g/mol. The summed E-state index contributed by atoms with van der Waals surface area (Å²) in [4.78, 5) is 54.4. The lowest BCUT2D eigenvalue weighted by Crippen LogP contribution is -2.36. The summed E-state index contributed by atoms with van der Waals surface area (Å²) in [5, 5.41) is 48.2. The summed E-state index contributed by atoms with van der Waals surface area (Å²) in [6.07, 6.45) is 1.66. The number of allylic oxidation sites excluding steroid dienone is 3. The normalized spacial score (nSPS) is 26.5. The predicted molar refractivity (Wildman–Crippen MR) is 421 cm³/mol. The van der Waals surface area contributed by atoms with Gasteiger partial charge in [0.1, 0.15) is 26.4 Å². The minimum Gasteiger partial charge on any atom is -0.477 e. The van der Waals surface area contributed by atoms with Crippen molar-refractivity contribution in [3.8, 4) is 0 Å². The summed E-state index contributed by atoms with van der Waals surface area (Å²) in [7, 11) is 0. The lowest BCUT2D eigenvalue weighted by atomic mass is 9.81. The molecule has 9 atom stereocenters. The zero-order valence-corrected chi connectivity index (χ0v) is 65.3. The van der Waals surface area contributed by atoms with Gasteiger partial charge in [-0.05, 0) is 194 Å². The van der Waals surface area contributed by atoms with E-state index >= 15 is 0 Å². The quantitative estimate of drug-likeness (QED) is 0.0737. The van der Waals surface area contributed by atoms with Gasteiger partial charge in [0.2, 0.25) is 0 Å². The molecule has 15 nitrogen and oxygen atoms in total. The highest BCUT2D eigenvalue weighted by Gasteiger charge is 2.56. The number of thioether (sulfide) groups is 3. The summed E-state index contributed by atoms with van der Waals surface area (Å²) in [6, 6.07) is 47.0. The molecule has 15 rings (SSSR count). The van der Waals surface area contributed by atoms with Crippen LogP contribution in [0.4, 0.5) is 0 Å². The number of rotatable bonds is 13. The molecule has 9 heterocycles. The van der Waals surface area contributed by atoms with Crippen LogP contribution in [-0.2, 0) is 26.2 Å². The first-order chi connectivity index (χ1) is 48.6. The number of halogens is 6. The molecule has 5 N–H and O–H groups in total. The highest BCUT2D eigenvalue weighted by Crippen LogP contribution is 2.60. The number of carbonyl (C=O) groups excluding carboxylic acids is 1. The van der Waals surface area contributed by atoms with E-state index < -0.39 is 28.7 Å². The number of hydrogen-bond donors (Lipinski definition) is 5. The van der Waals surface area contributed by atoms with Crippen LogP contribution < -0.4 is 5.32 Å². The maximum atomic E-state index is 13.5. The number of likely N-dealkylation sites (tertiary alicyclic amines) is 2. The van der Waals surface area contributed by atoms with Gasteiger partial charge >= 0.3 is 5.97 Å². The molecule has 6 aromatic rings. The summed E-state index contributed by atoms with van der Waals surface area (Å²) in [5.41, 5.74) is 7.95. The summed E-state index contributed by atoms with van der Waals surface area (Å²) in [5.74, 6) is -0.461. The minimum absolute atomic E-state index is 0.0116. The second-order valence-corrected chi connectivity index (χ2v) is 34.1. The summed E-state index contributed by atoms with van der Waals surface area (Å²) < 4.78 is 0. The Kier molecular flexibility index (Phi) is 23.5. The average Bonchev–Trinajstić information content (AvgIpc) is 1.57. The molecule has 1 amide bonds. The molecule has 9 aliphatic rings. The summed E-state index contributed by atoms with van der Waals surface area (Å²) in [6.45, 7) is 24.5. The van der Waals surface area contributed by atoms with Crippen molar-refractivity contribution in [2.75, 3.05) is 45.8 Å². The van der Waals surface area contributed by atoms with Crippen LogP contribution in [0, 0.1) is 17.8 Å². The van der Waals surface area contributed by atoms with Gasteiger partial charge in [-0.3, -0.25) is 9.69 Å². The number of aliphatic carboxylic acids is 1. The number of aliphatic hydroxyl groups is 3. The van der Waals surface area contributed by atoms with E-state index in [0.717, 1.165) is 105 Å². The molecule has 6 aromatic carbocycles. The van der Waals surface area contributed by atoms with Crippen LogP contribution in [0.25, 0.3) is 0 Å². The third-order valence-electron chi connectivity index (χ3n) is 20.1. The van der Waals surface area contributed by atoms with Crippen LogP contribution in [0.15, 0.2) is 192 Å². The molecule has 0 aromatic heterocycles. The van der Waals surface area contributed by atoms with E-state index in [0.29, 0.717) is 60.5 Å². The van der Waals surface area contributed by atoms with Crippen LogP contribution >= 0.6 is 105 Å². The highest BCUT2D eigenvalue weighted by atomic mass is 35.5. The molecule has 538 valence electrons. The van der Waals surface area contributed by atoms with Crippen LogP contribution in [0.1, 0.15) is 133 Å². The van der Waals surface area contributed by atoms with Crippen molar-refractivity contribution < 1.29 is 30.0 Å². The number of carboxylic acids is 1. The molecule has 0 bridgehead atoms. The van der Waals surface area contributed by atoms with Gasteiger partial charge in [0.15, 0.2) is 15.5 Å². The van der Waals surface area contributed by atoms with Crippen molar-refractivity contribution in [3.63, 3.8) is 0 Å². The zero-order valence-electron chi connectivity index (χ0n) is 58.3. The fourth-order valence-electron chi connectivity index (χ4n) is 15.1. The van der Waals surface area contributed by atoms with Gasteiger partial charge in [-0.25, -0.2) is 19.8 Å². The third kappa shape index (κ3) is 15.5. The number of carboxylic acid groups (broad SMARTS) is 1. The predicted octanol–water partition coefficient (Wildman–Crippen LogP) is 17.8. The number of fused-ring (bicyclic) bond motifs is 3. The van der Waals surface area contributed by atoms with Crippen molar-refractivity contribution >= 4 is 132 Å². The maximum Gasteiger partial charge on any atom is 0.344 e. The largest absolute Gasteiger partial charge is 0.477 e. The maximum absolute atomic E-state index is 13.5. The molecule has 24 heteroatoms. The van der Waals surface area contributed by atoms with E-state index in [9.17, 15) is 24.9 Å². The number of carbonyl (C=O) groups is 2. The minimum atomic E-state index is -0.918. The Morgan fingerprint density at radius 2 is 0.814 bits per heavy atom. The van der Waals surface area contributed by atoms with Crippen LogP contribution in [0.5, 0.6) is 0 Å². The number of benzene rings is 6. The molecule has 6 unspecified atom stereocenters. The molecule has 0 spiro atoms. The van der Waals surface area contributed by atoms with Crippen LogP contribution in [0.3, 0.4) is 0 Å². The molecular weight excluding hydrogens is 1470 g/mol. The van der Waals surface area contributed by atoms with E-state index in [1.54, 1.807) is 16.7 Å². The Morgan fingerprint density at radius 1 is 0.471 bits per heavy atom. The number of hydrogen-bond acceptors (Lipinski definition) is 16. The van der Waals surface area contributed by atoms with Crippen LogP contribution in [0.2, 0.25) is 30.1 Å². The number of nitrogens with one attached hydrogen (secondary N) is 1. The first-order valence-corrected chi connectivity index (χ1v) is 39.2. The van der Waals surface area contributed by atoms with Gasteiger partial charge in [-0.1, -0.05) is 196 Å². The molecule has 3 fully saturated rings. The Morgan fingerprint density at radius 3 is 1.13 bits per heavy atom. The van der Waals surface area contributed by atoms with E-state index in [1.165, 1.54) is 39.7 Å². The van der Waals surface area contributed by atoms with Crippen LogP contribution in [-0.4, -0.2) is 136 Å². The Labute approximate surface area is 641 Å². The molecular formula is C78H85Cl6N9O6S3. The molecule has 9 aliphatic heterocycles. The van der Waals surface area contributed by atoms with E-state index in [1.807, 2.05) is 135 Å². The smallest absolute Gasteiger partial charge is 0.344 e. The highest BCUT2D eigenvalue weighted by molar-refractivity contribution is 8.18. The van der Waals surface area contributed by atoms with Crippen molar-refractivity contribution in [2.45, 2.75) is 135 Å². The SMILES string of the molecule is CC(C)C1=C(C(=O)N2CC[C@@H](O)C2)SC2=NC(C)(c3ccc(Cl)cc3)C(c3ccc(Cl)cc3)N21.CC(C)C1=C(C(=O)O)SC2=NC(C)(c3ccc(Cl)cc3)C(c3ccc(Cl)cc3)N21.CC(C)C1=C(CN2CC[C@@H](O)C2)SC2=NC(C)(c3ccc(Cl)cc3)C(c3ccc(Cl)cc3)N21.O[C@@H]1CCNC1. The van der Waals surface area contributed by atoms with Gasteiger partial charge in [-0.2, -0.15) is 0 Å². The Hall–Kier alpha value is -5.52. The van der Waals surface area contributed by atoms with Gasteiger partial charge in [0.25, 0.3) is 5.91 Å². The number of aliphatic imine (C=N–C) groups is 3. The second-order valence-electron chi connectivity index (χ2n) is 28.4. The molecule has 3 saturated heterocycles. The number of aliphatic hydroxyl groups excluding tert-OH is 3. The fourth-order valence-corrected chi connectivity index (χ4v) is 19.9. The van der Waals surface area contributed by atoms with Crippen molar-refractivity contribution in [2.24, 2.45) is 32.7 Å². The Balaban J connectivity index is 0.000000139. The lowest BCUT2D eigenvalue weighted by molar-refractivity contribution is -0.132. The fraction of sp³-hybridized carbons (Fsp3) is 0.397.